The van der Waals surface area contributed by atoms with E-state index in [-0.39, 0.29) is 5.92 Å². The lowest BCUT2D eigenvalue weighted by atomic mass is 9.98. The lowest BCUT2D eigenvalue weighted by Crippen LogP contribution is -2.36. The van der Waals surface area contributed by atoms with Crippen LogP contribution in [0.1, 0.15) is 18.5 Å². The fraction of sp³-hybridized carbons (Fsp3) is 0.375. The highest BCUT2D eigenvalue weighted by Crippen LogP contribution is 2.29. The van der Waals surface area contributed by atoms with Gasteiger partial charge in [-0.15, -0.1) is 0 Å². The number of fused-ring (bicyclic) bond motifs is 1. The molecule has 1 unspecified atom stereocenters. The van der Waals surface area contributed by atoms with Crippen molar-refractivity contribution in [3.8, 4) is 0 Å². The quantitative estimate of drug-likeness (QED) is 0.772. The van der Waals surface area contributed by atoms with E-state index in [4.69, 9.17) is 0 Å². The largest absolute Gasteiger partial charge is 0.370 e. The molecule has 0 amide bonds. The third-order valence-electron chi connectivity index (χ3n) is 3.81. The zero-order valence-electron chi connectivity index (χ0n) is 11.2. The summed E-state index contributed by atoms with van der Waals surface area (Å²) in [5.41, 5.74) is 3.28. The van der Waals surface area contributed by atoms with E-state index in [1.54, 1.807) is 0 Å². The molecule has 0 bridgehead atoms. The second kappa shape index (κ2) is 5.00. The van der Waals surface area contributed by atoms with E-state index in [0.717, 1.165) is 43.4 Å². The van der Waals surface area contributed by atoms with Crippen LogP contribution in [0.25, 0.3) is 10.9 Å². The molecule has 1 aliphatic heterocycles. The number of nitrogens with zero attached hydrogens (tertiary/aromatic N) is 2. The summed E-state index contributed by atoms with van der Waals surface area (Å²) >= 11 is 0. The van der Waals surface area contributed by atoms with Crippen LogP contribution in [0.3, 0.4) is 0 Å². The van der Waals surface area contributed by atoms with E-state index in [9.17, 15) is 4.79 Å². The molecule has 1 atom stereocenters. The fourth-order valence-electron chi connectivity index (χ4n) is 2.89. The van der Waals surface area contributed by atoms with Crippen molar-refractivity contribution in [3.05, 3.63) is 36.0 Å². The summed E-state index contributed by atoms with van der Waals surface area (Å²) in [6.07, 6.45) is 3.20. The minimum Gasteiger partial charge on any atom is -0.370 e. The van der Waals surface area contributed by atoms with E-state index in [1.165, 1.54) is 11.1 Å². The average Bonchev–Trinajstić information content (AvgIpc) is 2.46. The number of pyridine rings is 1. The molecular formula is C16H18N2O. The molecule has 2 aromatic rings. The zero-order chi connectivity index (χ0) is 13.2. The molecule has 0 N–H and O–H groups in total. The molecule has 0 saturated carbocycles. The predicted molar refractivity (Wildman–Crippen MR) is 77.5 cm³/mol. The number of benzene rings is 1. The molecule has 3 rings (SSSR count). The summed E-state index contributed by atoms with van der Waals surface area (Å²) in [7, 11) is 0. The van der Waals surface area contributed by atoms with Gasteiger partial charge in [0.25, 0.3) is 0 Å². The Balaban J connectivity index is 2.06. The number of rotatable bonds is 2. The number of para-hydroxylation sites is 1. The monoisotopic (exact) mass is 254 g/mol. The van der Waals surface area contributed by atoms with Crippen molar-refractivity contribution in [3.63, 3.8) is 0 Å². The molecule has 3 heteroatoms. The van der Waals surface area contributed by atoms with Crippen molar-refractivity contribution in [1.82, 2.24) is 4.98 Å². The Morgan fingerprint density at radius 3 is 3.05 bits per heavy atom. The molecule has 1 saturated heterocycles. The third kappa shape index (κ3) is 2.33. The first-order valence-electron chi connectivity index (χ1n) is 6.84. The van der Waals surface area contributed by atoms with Crippen LogP contribution in [0.5, 0.6) is 0 Å². The van der Waals surface area contributed by atoms with Crippen LogP contribution in [-0.2, 0) is 4.79 Å². The average molecular weight is 254 g/mol. The Kier molecular flexibility index (Phi) is 3.20. The molecule has 0 radical (unpaired) electrons. The molecule has 2 heterocycles. The Labute approximate surface area is 113 Å². The van der Waals surface area contributed by atoms with Crippen LogP contribution in [-0.4, -0.2) is 24.4 Å². The Bertz CT molecular complexity index is 609. The maximum Gasteiger partial charge on any atom is 0.124 e. The van der Waals surface area contributed by atoms with Gasteiger partial charge in [-0.05, 0) is 31.9 Å². The molecular weight excluding hydrogens is 236 g/mol. The van der Waals surface area contributed by atoms with Gasteiger partial charge in [0.15, 0.2) is 0 Å². The summed E-state index contributed by atoms with van der Waals surface area (Å²) in [6.45, 7) is 3.88. The number of hydrogen-bond donors (Lipinski definition) is 0. The van der Waals surface area contributed by atoms with Gasteiger partial charge in [-0.2, -0.15) is 0 Å². The standard InChI is InChI=1S/C16H18N2O/c1-12-9-16(14-6-2-3-7-15(14)17-12)18-8-4-5-13(10-18)11-19/h2-3,6-7,9,11,13H,4-5,8,10H2,1H3. The highest BCUT2D eigenvalue weighted by atomic mass is 16.1. The fourth-order valence-corrected chi connectivity index (χ4v) is 2.89. The Morgan fingerprint density at radius 2 is 2.21 bits per heavy atom. The van der Waals surface area contributed by atoms with Crippen molar-refractivity contribution in [1.29, 1.82) is 0 Å². The Hall–Kier alpha value is -1.90. The lowest BCUT2D eigenvalue weighted by molar-refractivity contribution is -0.111. The van der Waals surface area contributed by atoms with Crippen LogP contribution >= 0.6 is 0 Å². The number of aryl methyl sites for hydroxylation is 1. The van der Waals surface area contributed by atoms with Crippen molar-refractivity contribution >= 4 is 22.9 Å². The first-order valence-corrected chi connectivity index (χ1v) is 6.84. The van der Waals surface area contributed by atoms with Gasteiger partial charge in [0.2, 0.25) is 0 Å². The van der Waals surface area contributed by atoms with Crippen molar-refractivity contribution < 1.29 is 4.79 Å². The van der Waals surface area contributed by atoms with Crippen molar-refractivity contribution in [2.24, 2.45) is 5.92 Å². The lowest BCUT2D eigenvalue weighted by Gasteiger charge is -2.33. The smallest absolute Gasteiger partial charge is 0.124 e. The van der Waals surface area contributed by atoms with Gasteiger partial charge in [0, 0.05) is 35.8 Å². The number of aldehydes is 1. The molecule has 3 nitrogen and oxygen atoms in total. The van der Waals surface area contributed by atoms with Crippen LogP contribution < -0.4 is 4.90 Å². The first kappa shape index (κ1) is 12.2. The van der Waals surface area contributed by atoms with E-state index in [2.05, 4.69) is 22.0 Å². The number of piperidine rings is 1. The molecule has 1 aromatic heterocycles. The Morgan fingerprint density at radius 1 is 1.37 bits per heavy atom. The maximum absolute atomic E-state index is 11.0. The molecule has 1 fully saturated rings. The highest BCUT2D eigenvalue weighted by molar-refractivity contribution is 5.92. The highest BCUT2D eigenvalue weighted by Gasteiger charge is 2.21. The van der Waals surface area contributed by atoms with Gasteiger partial charge in [-0.1, -0.05) is 18.2 Å². The number of aromatic nitrogens is 1. The minimum atomic E-state index is 0.168. The van der Waals surface area contributed by atoms with Crippen LogP contribution in [0.4, 0.5) is 5.69 Å². The van der Waals surface area contributed by atoms with Gasteiger partial charge in [-0.25, -0.2) is 0 Å². The second-order valence-electron chi connectivity index (χ2n) is 5.28. The van der Waals surface area contributed by atoms with Crippen molar-refractivity contribution in [2.75, 3.05) is 18.0 Å². The molecule has 0 aliphatic carbocycles. The van der Waals surface area contributed by atoms with E-state index in [1.807, 2.05) is 25.1 Å². The summed E-state index contributed by atoms with van der Waals surface area (Å²) < 4.78 is 0. The van der Waals surface area contributed by atoms with Gasteiger partial charge in [0.05, 0.1) is 5.52 Å². The molecule has 1 aliphatic rings. The third-order valence-corrected chi connectivity index (χ3v) is 3.81. The number of hydrogen-bond acceptors (Lipinski definition) is 3. The molecule has 19 heavy (non-hydrogen) atoms. The summed E-state index contributed by atoms with van der Waals surface area (Å²) in [6, 6.07) is 10.4. The van der Waals surface area contributed by atoms with Crippen LogP contribution in [0.15, 0.2) is 30.3 Å². The second-order valence-corrected chi connectivity index (χ2v) is 5.28. The van der Waals surface area contributed by atoms with E-state index >= 15 is 0 Å². The zero-order valence-corrected chi connectivity index (χ0v) is 11.2. The van der Waals surface area contributed by atoms with Gasteiger partial charge < -0.3 is 9.69 Å². The van der Waals surface area contributed by atoms with E-state index in [0.29, 0.717) is 0 Å². The normalized spacial score (nSPS) is 19.6. The molecule has 98 valence electrons. The maximum atomic E-state index is 11.0. The number of carbonyl (C=O) groups is 1. The number of anilines is 1. The summed E-state index contributed by atoms with van der Waals surface area (Å²) in [4.78, 5) is 17.9. The summed E-state index contributed by atoms with van der Waals surface area (Å²) in [5.74, 6) is 0.168. The SMILES string of the molecule is Cc1cc(N2CCCC(C=O)C2)c2ccccc2n1. The van der Waals surface area contributed by atoms with Gasteiger partial charge in [-0.3, -0.25) is 4.98 Å². The van der Waals surface area contributed by atoms with Crippen molar-refractivity contribution in [2.45, 2.75) is 19.8 Å². The van der Waals surface area contributed by atoms with E-state index < -0.39 is 0 Å². The van der Waals surface area contributed by atoms with Crippen LogP contribution in [0, 0.1) is 12.8 Å². The summed E-state index contributed by atoms with van der Waals surface area (Å²) in [5, 5.41) is 1.18. The topological polar surface area (TPSA) is 33.2 Å². The van der Waals surface area contributed by atoms with Gasteiger partial charge in [0.1, 0.15) is 6.29 Å². The molecule has 0 spiro atoms. The first-order chi connectivity index (χ1) is 9.28. The van der Waals surface area contributed by atoms with Gasteiger partial charge >= 0.3 is 0 Å². The number of carbonyl (C=O) groups excluding carboxylic acids is 1. The predicted octanol–water partition coefficient (Wildman–Crippen LogP) is 2.96. The van der Waals surface area contributed by atoms with Crippen LogP contribution in [0.2, 0.25) is 0 Å². The minimum absolute atomic E-state index is 0.168. The molecule has 1 aromatic carbocycles.